The molecule has 11 nitrogen and oxygen atoms in total. The van der Waals surface area contributed by atoms with Gasteiger partial charge in [0.1, 0.15) is 18.3 Å². The van der Waals surface area contributed by atoms with Gasteiger partial charge in [0.25, 0.3) is 5.69 Å². The third-order valence-corrected chi connectivity index (χ3v) is 8.11. The zero-order valence-electron chi connectivity index (χ0n) is 22.8. The Morgan fingerprint density at radius 3 is 2.33 bits per heavy atom. The number of sulfonamides is 1. The van der Waals surface area contributed by atoms with E-state index in [0.29, 0.717) is 11.3 Å². The number of aryl methyl sites for hydroxylation is 1. The number of nitro groups is 1. The lowest BCUT2D eigenvalue weighted by atomic mass is 9.95. The van der Waals surface area contributed by atoms with Crippen LogP contribution >= 0.6 is 0 Å². The van der Waals surface area contributed by atoms with E-state index >= 15 is 0 Å². The van der Waals surface area contributed by atoms with Crippen molar-refractivity contribution >= 4 is 33.2 Å². The SMILES string of the molecule is COc1ccc(CN(C(=O)CN(c2cc([N+](=O)[O-])ccc2C)S(C)(=O)=O)C(C)C(=O)NC2CCCCC2)cc1. The number of nitrogens with one attached hydrogen (secondary N) is 1. The van der Waals surface area contributed by atoms with E-state index in [0.717, 1.165) is 54.3 Å². The van der Waals surface area contributed by atoms with Crippen LogP contribution in [0.4, 0.5) is 11.4 Å². The Morgan fingerprint density at radius 2 is 1.77 bits per heavy atom. The third-order valence-electron chi connectivity index (χ3n) is 6.98. The highest BCUT2D eigenvalue weighted by Gasteiger charge is 2.32. The Hall–Kier alpha value is -3.67. The van der Waals surface area contributed by atoms with Crippen LogP contribution in [0.1, 0.15) is 50.2 Å². The normalized spacial score (nSPS) is 14.8. The molecule has 2 aromatic rings. The Bertz CT molecular complexity index is 1290. The molecule has 0 radical (unpaired) electrons. The molecule has 0 aromatic heterocycles. The van der Waals surface area contributed by atoms with Gasteiger partial charge in [-0.05, 0) is 49.9 Å². The van der Waals surface area contributed by atoms with Gasteiger partial charge < -0.3 is 15.0 Å². The molecule has 3 rings (SSSR count). The first-order valence-corrected chi connectivity index (χ1v) is 14.7. The fourth-order valence-electron chi connectivity index (χ4n) is 4.65. The van der Waals surface area contributed by atoms with Crippen molar-refractivity contribution in [2.45, 2.75) is 64.6 Å². The molecule has 0 aliphatic heterocycles. The Kier molecular flexibility index (Phi) is 9.90. The summed E-state index contributed by atoms with van der Waals surface area (Å²) in [5.41, 5.74) is 0.901. The van der Waals surface area contributed by atoms with Crippen LogP contribution in [0.25, 0.3) is 0 Å². The van der Waals surface area contributed by atoms with Crippen molar-refractivity contribution in [2.75, 3.05) is 24.2 Å². The van der Waals surface area contributed by atoms with E-state index in [4.69, 9.17) is 4.74 Å². The minimum atomic E-state index is -4.02. The van der Waals surface area contributed by atoms with Gasteiger partial charge in [-0.15, -0.1) is 0 Å². The number of carbonyl (C=O) groups excluding carboxylic acids is 2. The lowest BCUT2D eigenvalue weighted by molar-refractivity contribution is -0.384. The van der Waals surface area contributed by atoms with Crippen molar-refractivity contribution in [3.8, 4) is 5.75 Å². The number of non-ortho nitro benzene ring substituents is 1. The van der Waals surface area contributed by atoms with Crippen LogP contribution in [0.5, 0.6) is 5.75 Å². The molecule has 1 unspecified atom stereocenters. The molecule has 212 valence electrons. The molecule has 12 heteroatoms. The molecule has 2 aromatic carbocycles. The highest BCUT2D eigenvalue weighted by molar-refractivity contribution is 7.92. The summed E-state index contributed by atoms with van der Waals surface area (Å²) in [6, 6.07) is 9.99. The van der Waals surface area contributed by atoms with Gasteiger partial charge in [-0.1, -0.05) is 37.5 Å². The molecular weight excluding hydrogens is 524 g/mol. The average Bonchev–Trinajstić information content (AvgIpc) is 2.90. The van der Waals surface area contributed by atoms with Gasteiger partial charge in [0.15, 0.2) is 0 Å². The molecule has 0 saturated heterocycles. The van der Waals surface area contributed by atoms with Gasteiger partial charge in [0.2, 0.25) is 21.8 Å². The molecule has 0 spiro atoms. The maximum atomic E-state index is 13.8. The number of nitro benzene ring substituents is 1. The van der Waals surface area contributed by atoms with E-state index in [1.807, 2.05) is 0 Å². The number of hydrogen-bond acceptors (Lipinski definition) is 7. The van der Waals surface area contributed by atoms with Gasteiger partial charge in [-0.2, -0.15) is 0 Å². The van der Waals surface area contributed by atoms with Gasteiger partial charge in [-0.3, -0.25) is 24.0 Å². The average molecular weight is 561 g/mol. The molecular formula is C27H36N4O7S. The fourth-order valence-corrected chi connectivity index (χ4v) is 5.55. The smallest absolute Gasteiger partial charge is 0.271 e. The van der Waals surface area contributed by atoms with Gasteiger partial charge >= 0.3 is 0 Å². The molecule has 1 N–H and O–H groups in total. The van der Waals surface area contributed by atoms with Crippen molar-refractivity contribution in [2.24, 2.45) is 0 Å². The number of amides is 2. The molecule has 1 aliphatic rings. The predicted molar refractivity (Wildman–Crippen MR) is 148 cm³/mol. The van der Waals surface area contributed by atoms with E-state index < -0.39 is 33.4 Å². The lowest BCUT2D eigenvalue weighted by Crippen LogP contribution is -2.53. The van der Waals surface area contributed by atoms with E-state index in [1.165, 1.54) is 24.1 Å². The van der Waals surface area contributed by atoms with Crippen molar-refractivity contribution in [3.05, 3.63) is 63.7 Å². The van der Waals surface area contributed by atoms with Crippen LogP contribution < -0.4 is 14.4 Å². The van der Waals surface area contributed by atoms with E-state index in [-0.39, 0.29) is 29.9 Å². The Balaban J connectivity index is 1.93. The summed E-state index contributed by atoms with van der Waals surface area (Å²) in [4.78, 5) is 39.1. The second kappa shape index (κ2) is 12.9. The number of methoxy groups -OCH3 is 1. The van der Waals surface area contributed by atoms with E-state index in [1.54, 1.807) is 38.1 Å². The predicted octanol–water partition coefficient (Wildman–Crippen LogP) is 3.54. The largest absolute Gasteiger partial charge is 0.497 e. The maximum absolute atomic E-state index is 13.8. The van der Waals surface area contributed by atoms with Crippen LogP contribution in [-0.2, 0) is 26.2 Å². The van der Waals surface area contributed by atoms with E-state index in [2.05, 4.69) is 5.32 Å². The van der Waals surface area contributed by atoms with Gasteiger partial charge in [0.05, 0.1) is 24.0 Å². The van der Waals surface area contributed by atoms with Crippen molar-refractivity contribution < 1.29 is 27.7 Å². The van der Waals surface area contributed by atoms with E-state index in [9.17, 15) is 28.1 Å². The minimum Gasteiger partial charge on any atom is -0.497 e. The quantitative estimate of drug-likeness (QED) is 0.328. The molecule has 1 aliphatic carbocycles. The van der Waals surface area contributed by atoms with Crippen molar-refractivity contribution in [1.82, 2.24) is 10.2 Å². The zero-order chi connectivity index (χ0) is 28.7. The zero-order valence-corrected chi connectivity index (χ0v) is 23.6. The maximum Gasteiger partial charge on any atom is 0.271 e. The number of carbonyl (C=O) groups is 2. The van der Waals surface area contributed by atoms with Crippen LogP contribution in [0.15, 0.2) is 42.5 Å². The van der Waals surface area contributed by atoms with Gasteiger partial charge in [-0.25, -0.2) is 8.42 Å². The van der Waals surface area contributed by atoms with Crippen molar-refractivity contribution in [3.63, 3.8) is 0 Å². The summed E-state index contributed by atoms with van der Waals surface area (Å²) in [6.07, 6.45) is 5.87. The summed E-state index contributed by atoms with van der Waals surface area (Å²) in [7, 11) is -2.48. The summed E-state index contributed by atoms with van der Waals surface area (Å²) in [5.74, 6) is -0.307. The molecule has 1 saturated carbocycles. The topological polar surface area (TPSA) is 139 Å². The molecule has 1 atom stereocenters. The minimum absolute atomic E-state index is 0.0313. The molecule has 2 amide bonds. The Morgan fingerprint density at radius 1 is 1.13 bits per heavy atom. The number of ether oxygens (including phenoxy) is 1. The lowest BCUT2D eigenvalue weighted by Gasteiger charge is -2.33. The summed E-state index contributed by atoms with van der Waals surface area (Å²) < 4.78 is 31.7. The number of benzene rings is 2. The van der Waals surface area contributed by atoms with Crippen LogP contribution in [0.2, 0.25) is 0 Å². The summed E-state index contributed by atoms with van der Waals surface area (Å²) >= 11 is 0. The second-order valence-electron chi connectivity index (χ2n) is 9.89. The van der Waals surface area contributed by atoms with Crippen LogP contribution in [0, 0.1) is 17.0 Å². The van der Waals surface area contributed by atoms with Crippen molar-refractivity contribution in [1.29, 1.82) is 0 Å². The first-order chi connectivity index (χ1) is 18.4. The first-order valence-electron chi connectivity index (χ1n) is 12.9. The number of nitrogens with zero attached hydrogens (tertiary/aromatic N) is 3. The van der Waals surface area contributed by atoms with Gasteiger partial charge in [0, 0.05) is 24.7 Å². The first kappa shape index (κ1) is 29.9. The molecule has 1 fully saturated rings. The summed E-state index contributed by atoms with van der Waals surface area (Å²) in [6.45, 7) is 2.64. The molecule has 39 heavy (non-hydrogen) atoms. The van der Waals surface area contributed by atoms with Crippen LogP contribution in [-0.4, -0.2) is 62.0 Å². The fraction of sp³-hybridized carbons (Fsp3) is 0.481. The summed E-state index contributed by atoms with van der Waals surface area (Å²) in [5, 5.41) is 14.4. The highest BCUT2D eigenvalue weighted by Crippen LogP contribution is 2.28. The van der Waals surface area contributed by atoms with Crippen LogP contribution in [0.3, 0.4) is 0 Å². The number of anilines is 1. The second-order valence-corrected chi connectivity index (χ2v) is 11.8. The third kappa shape index (κ3) is 7.92. The Labute approximate surface area is 229 Å². The molecule has 0 heterocycles. The number of rotatable bonds is 11. The monoisotopic (exact) mass is 560 g/mol. The number of hydrogen-bond donors (Lipinski definition) is 1. The molecule has 0 bridgehead atoms. The highest BCUT2D eigenvalue weighted by atomic mass is 32.2. The standard InChI is InChI=1S/C27H36N4O7S/c1-19-10-13-23(31(34)35)16-25(19)30(39(4,36)37)18-26(32)29(17-21-11-14-24(38-3)15-12-21)20(2)27(33)28-22-8-6-5-7-9-22/h10-16,20,22H,5-9,17-18H2,1-4H3,(H,28,33).